The summed E-state index contributed by atoms with van der Waals surface area (Å²) in [5.41, 5.74) is 3.69. The first-order chi connectivity index (χ1) is 11.9. The van der Waals surface area contributed by atoms with E-state index in [1.54, 1.807) is 0 Å². The summed E-state index contributed by atoms with van der Waals surface area (Å²) < 4.78 is 0. The highest BCUT2D eigenvalue weighted by atomic mass is 15.1. The molecule has 115 valence electrons. The Morgan fingerprint density at radius 3 is 2.12 bits per heavy atom. The number of nitrogens with zero attached hydrogens (tertiary/aromatic N) is 1. The summed E-state index contributed by atoms with van der Waals surface area (Å²) in [4.78, 5) is 2.37. The predicted molar refractivity (Wildman–Crippen MR) is 102 cm³/mol. The molecule has 0 fully saturated rings. The quantitative estimate of drug-likeness (QED) is 0.448. The lowest BCUT2D eigenvalue weighted by Gasteiger charge is -2.26. The first-order valence-electron chi connectivity index (χ1n) is 8.18. The molecule has 0 spiro atoms. The van der Waals surface area contributed by atoms with Crippen LogP contribution in [0.4, 0.5) is 11.4 Å². The first-order valence-corrected chi connectivity index (χ1v) is 8.18. The Kier molecular flexibility index (Phi) is 3.99. The van der Waals surface area contributed by atoms with Gasteiger partial charge in [0.1, 0.15) is 0 Å². The molecule has 1 nitrogen and oxygen atoms in total. The average Bonchev–Trinajstić information content (AvgIpc) is 2.67. The molecule has 0 atom stereocenters. The van der Waals surface area contributed by atoms with Crippen molar-refractivity contribution in [3.8, 4) is 0 Å². The van der Waals surface area contributed by atoms with Crippen molar-refractivity contribution in [2.75, 3.05) is 4.90 Å². The van der Waals surface area contributed by atoms with Crippen LogP contribution < -0.4 is 4.90 Å². The second-order valence-electron chi connectivity index (χ2n) is 5.82. The zero-order chi connectivity index (χ0) is 16.2. The second kappa shape index (κ2) is 6.59. The van der Waals surface area contributed by atoms with E-state index in [0.717, 1.165) is 11.9 Å². The van der Waals surface area contributed by atoms with Crippen LogP contribution in [0.25, 0.3) is 10.8 Å². The molecule has 0 aliphatic carbocycles. The Morgan fingerprint density at radius 2 is 1.33 bits per heavy atom. The number of para-hydroxylation sites is 1. The first kappa shape index (κ1) is 14.5. The maximum Gasteiger partial charge on any atom is 0.0494 e. The molecule has 0 amide bonds. The van der Waals surface area contributed by atoms with E-state index in [4.69, 9.17) is 0 Å². The minimum Gasteiger partial charge on any atom is -0.336 e. The number of benzene rings is 4. The van der Waals surface area contributed by atoms with Gasteiger partial charge >= 0.3 is 0 Å². The fourth-order valence-electron chi connectivity index (χ4n) is 3.06. The van der Waals surface area contributed by atoms with Crippen LogP contribution in [0.3, 0.4) is 0 Å². The second-order valence-corrected chi connectivity index (χ2v) is 5.82. The number of hydrogen-bond acceptors (Lipinski definition) is 1. The van der Waals surface area contributed by atoms with Gasteiger partial charge in [-0.25, -0.2) is 0 Å². The molecule has 4 rings (SSSR count). The lowest BCUT2D eigenvalue weighted by atomic mass is 10.1. The predicted octanol–water partition coefficient (Wildman–Crippen LogP) is 5.98. The van der Waals surface area contributed by atoms with Crippen molar-refractivity contribution in [1.29, 1.82) is 0 Å². The zero-order valence-corrected chi connectivity index (χ0v) is 13.4. The lowest BCUT2D eigenvalue weighted by Crippen LogP contribution is -2.16. The number of anilines is 2. The summed E-state index contributed by atoms with van der Waals surface area (Å²) in [5.74, 6) is 0. The Labute approximate surface area is 142 Å². The molecule has 4 aromatic carbocycles. The van der Waals surface area contributed by atoms with Gasteiger partial charge in [0, 0.05) is 23.3 Å². The van der Waals surface area contributed by atoms with Crippen LogP contribution >= 0.6 is 0 Å². The summed E-state index contributed by atoms with van der Waals surface area (Å²) in [6.45, 7) is 0.832. The molecule has 0 aliphatic heterocycles. The molecular weight excluding hydrogens is 290 g/mol. The van der Waals surface area contributed by atoms with E-state index < -0.39 is 0 Å². The minimum absolute atomic E-state index is 0.832. The molecule has 24 heavy (non-hydrogen) atoms. The lowest BCUT2D eigenvalue weighted by molar-refractivity contribution is 0.980. The van der Waals surface area contributed by atoms with Crippen molar-refractivity contribution in [2.24, 2.45) is 0 Å². The van der Waals surface area contributed by atoms with Crippen LogP contribution in [0.5, 0.6) is 0 Å². The van der Waals surface area contributed by atoms with Crippen molar-refractivity contribution in [1.82, 2.24) is 0 Å². The average molecular weight is 308 g/mol. The van der Waals surface area contributed by atoms with Crippen molar-refractivity contribution in [3.63, 3.8) is 0 Å². The van der Waals surface area contributed by atoms with Gasteiger partial charge in [0.05, 0.1) is 0 Å². The normalized spacial score (nSPS) is 10.7. The van der Waals surface area contributed by atoms with E-state index in [1.807, 2.05) is 6.07 Å². The van der Waals surface area contributed by atoms with Crippen LogP contribution in [0, 0.1) is 6.07 Å². The van der Waals surface area contributed by atoms with Gasteiger partial charge in [0.15, 0.2) is 0 Å². The smallest absolute Gasteiger partial charge is 0.0494 e. The maximum absolute atomic E-state index is 3.33. The Hall–Kier alpha value is -3.06. The van der Waals surface area contributed by atoms with Crippen LogP contribution in [-0.2, 0) is 6.54 Å². The molecule has 1 radical (unpaired) electrons. The van der Waals surface area contributed by atoms with Crippen molar-refractivity contribution < 1.29 is 0 Å². The van der Waals surface area contributed by atoms with E-state index >= 15 is 0 Å². The molecule has 4 aromatic rings. The number of hydrogen-bond donors (Lipinski definition) is 0. The molecule has 1 heteroatoms. The monoisotopic (exact) mass is 308 g/mol. The van der Waals surface area contributed by atoms with Crippen LogP contribution in [-0.4, -0.2) is 0 Å². The SMILES string of the molecule is [c]1ccc(N(Cc2ccccc2)c2ccccc2)c2ccccc12. The molecule has 0 bridgehead atoms. The van der Waals surface area contributed by atoms with Crippen LogP contribution in [0.15, 0.2) is 97.1 Å². The topological polar surface area (TPSA) is 3.24 Å². The third-order valence-corrected chi connectivity index (χ3v) is 4.23. The van der Waals surface area contributed by atoms with Crippen LogP contribution in [0.1, 0.15) is 5.56 Å². The standard InChI is InChI=1S/C23H18N/c1-3-10-19(11-4-1)18-24(21-14-5-2-6-15-21)23-17-9-13-20-12-7-8-16-22(20)23/h1-12,14-17H,18H2. The number of fused-ring (bicyclic) bond motifs is 1. The summed E-state index contributed by atoms with van der Waals surface area (Å²) in [6.07, 6.45) is 0. The highest BCUT2D eigenvalue weighted by Crippen LogP contribution is 2.33. The van der Waals surface area contributed by atoms with Gasteiger partial charge in [0.25, 0.3) is 0 Å². The Bertz CT molecular complexity index is 924. The molecule has 0 saturated heterocycles. The van der Waals surface area contributed by atoms with Gasteiger partial charge < -0.3 is 4.90 Å². The van der Waals surface area contributed by atoms with Gasteiger partial charge in [-0.15, -0.1) is 0 Å². The van der Waals surface area contributed by atoms with Crippen molar-refractivity contribution in [3.05, 3.63) is 109 Å². The fraction of sp³-hybridized carbons (Fsp3) is 0.0435. The summed E-state index contributed by atoms with van der Waals surface area (Å²) in [5, 5.41) is 2.36. The highest BCUT2D eigenvalue weighted by molar-refractivity contribution is 5.95. The molecular formula is C23H18N. The fourth-order valence-corrected chi connectivity index (χ4v) is 3.06. The molecule has 0 heterocycles. The highest BCUT2D eigenvalue weighted by Gasteiger charge is 2.12. The van der Waals surface area contributed by atoms with Gasteiger partial charge in [-0.3, -0.25) is 0 Å². The minimum atomic E-state index is 0.832. The van der Waals surface area contributed by atoms with E-state index in [0.29, 0.717) is 0 Å². The maximum atomic E-state index is 3.33. The van der Waals surface area contributed by atoms with E-state index in [9.17, 15) is 0 Å². The van der Waals surface area contributed by atoms with Crippen molar-refractivity contribution >= 4 is 22.1 Å². The molecule has 0 N–H and O–H groups in total. The van der Waals surface area contributed by atoms with Crippen molar-refractivity contribution in [2.45, 2.75) is 6.54 Å². The van der Waals surface area contributed by atoms with Crippen LogP contribution in [0.2, 0.25) is 0 Å². The van der Waals surface area contributed by atoms with Gasteiger partial charge in [-0.1, -0.05) is 78.9 Å². The summed E-state index contributed by atoms with van der Waals surface area (Å²) in [7, 11) is 0. The van der Waals surface area contributed by atoms with Gasteiger partial charge in [0.2, 0.25) is 0 Å². The van der Waals surface area contributed by atoms with Gasteiger partial charge in [-0.05, 0) is 35.2 Å². The van der Waals surface area contributed by atoms with Gasteiger partial charge in [-0.2, -0.15) is 0 Å². The third kappa shape index (κ3) is 2.89. The molecule has 0 unspecified atom stereocenters. The Morgan fingerprint density at radius 1 is 0.667 bits per heavy atom. The Balaban J connectivity index is 1.86. The van der Waals surface area contributed by atoms with E-state index in [2.05, 4.69) is 102 Å². The summed E-state index contributed by atoms with van der Waals surface area (Å²) in [6, 6.07) is 37.1. The molecule has 0 aromatic heterocycles. The van der Waals surface area contributed by atoms with E-state index in [1.165, 1.54) is 22.3 Å². The third-order valence-electron chi connectivity index (χ3n) is 4.23. The zero-order valence-electron chi connectivity index (χ0n) is 13.4. The molecule has 0 saturated carbocycles. The summed E-state index contributed by atoms with van der Waals surface area (Å²) >= 11 is 0. The molecule has 0 aliphatic rings. The number of rotatable bonds is 4. The van der Waals surface area contributed by atoms with E-state index in [-0.39, 0.29) is 0 Å². The largest absolute Gasteiger partial charge is 0.336 e.